The van der Waals surface area contributed by atoms with Gasteiger partial charge in [0.25, 0.3) is 0 Å². The maximum absolute atomic E-state index is 13.2. The fourth-order valence-electron chi connectivity index (χ4n) is 1.77. The van der Waals surface area contributed by atoms with Crippen LogP contribution in [0.15, 0.2) is 40.9 Å². The smallest absolute Gasteiger partial charge is 0.137 e. The number of benzene rings is 2. The zero-order valence-corrected chi connectivity index (χ0v) is 13.5. The quantitative estimate of drug-likeness (QED) is 0.547. The molecule has 0 aromatic heterocycles. The zero-order valence-electron chi connectivity index (χ0n) is 9.55. The Morgan fingerprint density at radius 2 is 1.89 bits per heavy atom. The van der Waals surface area contributed by atoms with Crippen molar-refractivity contribution in [2.45, 2.75) is 11.8 Å². The topological polar surface area (TPSA) is 0 Å². The molecule has 0 N–H and O–H groups in total. The third kappa shape index (κ3) is 2.95. The molecular weight excluding hydrogens is 382 g/mol. The molecule has 0 aliphatic carbocycles. The van der Waals surface area contributed by atoms with E-state index in [0.717, 1.165) is 21.7 Å². The highest BCUT2D eigenvalue weighted by Gasteiger charge is 2.14. The fourth-order valence-corrected chi connectivity index (χ4v) is 3.19. The maximum Gasteiger partial charge on any atom is 0.137 e. The standard InChI is InChI=1S/C14H10Br2ClF/c1-8-6-10(17)3-4-11(8)14(16)9-2-5-13(18)12(15)7-9/h2-7,14H,1H3. The van der Waals surface area contributed by atoms with Gasteiger partial charge >= 0.3 is 0 Å². The van der Waals surface area contributed by atoms with Gasteiger partial charge in [-0.2, -0.15) is 0 Å². The van der Waals surface area contributed by atoms with E-state index in [1.807, 2.05) is 25.1 Å². The minimum atomic E-state index is -0.258. The van der Waals surface area contributed by atoms with E-state index >= 15 is 0 Å². The summed E-state index contributed by atoms with van der Waals surface area (Å²) < 4.78 is 13.7. The van der Waals surface area contributed by atoms with E-state index in [-0.39, 0.29) is 10.6 Å². The van der Waals surface area contributed by atoms with E-state index in [0.29, 0.717) is 4.47 Å². The monoisotopic (exact) mass is 390 g/mol. The molecule has 0 bridgehead atoms. The largest absolute Gasteiger partial charge is 0.206 e. The lowest BCUT2D eigenvalue weighted by Crippen LogP contribution is -1.96. The van der Waals surface area contributed by atoms with Crippen LogP contribution in [0.25, 0.3) is 0 Å². The number of rotatable bonds is 2. The summed E-state index contributed by atoms with van der Waals surface area (Å²) >= 11 is 12.8. The molecule has 1 atom stereocenters. The van der Waals surface area contributed by atoms with Crippen LogP contribution in [0.1, 0.15) is 21.5 Å². The maximum atomic E-state index is 13.2. The summed E-state index contributed by atoms with van der Waals surface area (Å²) in [5.74, 6) is -0.258. The Morgan fingerprint density at radius 1 is 1.17 bits per heavy atom. The predicted molar refractivity (Wildman–Crippen MR) is 81.1 cm³/mol. The number of alkyl halides is 1. The van der Waals surface area contributed by atoms with Crippen LogP contribution in [0.3, 0.4) is 0 Å². The van der Waals surface area contributed by atoms with Crippen LogP contribution >= 0.6 is 43.5 Å². The molecule has 0 saturated heterocycles. The van der Waals surface area contributed by atoms with Crippen molar-refractivity contribution < 1.29 is 4.39 Å². The molecule has 0 heterocycles. The van der Waals surface area contributed by atoms with E-state index < -0.39 is 0 Å². The normalized spacial score (nSPS) is 12.5. The van der Waals surface area contributed by atoms with Crippen molar-refractivity contribution in [2.75, 3.05) is 0 Å². The lowest BCUT2D eigenvalue weighted by molar-refractivity contribution is 0.620. The van der Waals surface area contributed by atoms with Gasteiger partial charge < -0.3 is 0 Å². The van der Waals surface area contributed by atoms with Crippen molar-refractivity contribution in [3.05, 3.63) is 68.4 Å². The molecule has 0 amide bonds. The van der Waals surface area contributed by atoms with Crippen LogP contribution in [0.5, 0.6) is 0 Å². The van der Waals surface area contributed by atoms with Gasteiger partial charge in [-0.25, -0.2) is 4.39 Å². The van der Waals surface area contributed by atoms with Gasteiger partial charge in [0.05, 0.1) is 9.30 Å². The van der Waals surface area contributed by atoms with Gasteiger partial charge in [-0.3, -0.25) is 0 Å². The summed E-state index contributed by atoms with van der Waals surface area (Å²) in [7, 11) is 0. The summed E-state index contributed by atoms with van der Waals surface area (Å²) in [6, 6.07) is 10.8. The van der Waals surface area contributed by atoms with Gasteiger partial charge in [0.2, 0.25) is 0 Å². The van der Waals surface area contributed by atoms with Gasteiger partial charge in [-0.05, 0) is 63.8 Å². The minimum Gasteiger partial charge on any atom is -0.206 e. The van der Waals surface area contributed by atoms with E-state index in [2.05, 4.69) is 31.9 Å². The molecule has 0 nitrogen and oxygen atoms in total. The molecule has 2 aromatic rings. The summed E-state index contributed by atoms with van der Waals surface area (Å²) in [4.78, 5) is 0.0201. The molecule has 0 radical (unpaired) electrons. The van der Waals surface area contributed by atoms with Gasteiger partial charge in [0, 0.05) is 5.02 Å². The van der Waals surface area contributed by atoms with Crippen molar-refractivity contribution in [1.29, 1.82) is 0 Å². The highest BCUT2D eigenvalue weighted by atomic mass is 79.9. The van der Waals surface area contributed by atoms with E-state index in [1.54, 1.807) is 12.1 Å². The summed E-state index contributed by atoms with van der Waals surface area (Å²) in [6.07, 6.45) is 0. The molecule has 18 heavy (non-hydrogen) atoms. The highest BCUT2D eigenvalue weighted by Crippen LogP contribution is 2.35. The average Bonchev–Trinajstić information content (AvgIpc) is 2.32. The number of aryl methyl sites for hydroxylation is 1. The molecule has 2 rings (SSSR count). The first kappa shape index (κ1) is 14.0. The van der Waals surface area contributed by atoms with Crippen LogP contribution < -0.4 is 0 Å². The highest BCUT2D eigenvalue weighted by molar-refractivity contribution is 9.10. The molecule has 0 aliphatic rings. The van der Waals surface area contributed by atoms with Crippen molar-refractivity contribution in [3.8, 4) is 0 Å². The third-order valence-corrected chi connectivity index (χ3v) is 4.61. The SMILES string of the molecule is Cc1cc(Cl)ccc1C(Br)c1ccc(F)c(Br)c1. The first-order valence-corrected chi connectivity index (χ1v) is 7.43. The lowest BCUT2D eigenvalue weighted by atomic mass is 10.0. The molecule has 4 heteroatoms. The van der Waals surface area contributed by atoms with Gasteiger partial charge in [0.1, 0.15) is 5.82 Å². The van der Waals surface area contributed by atoms with E-state index in [1.165, 1.54) is 6.07 Å². The van der Waals surface area contributed by atoms with Crippen LogP contribution in [0.4, 0.5) is 4.39 Å². The van der Waals surface area contributed by atoms with E-state index in [4.69, 9.17) is 11.6 Å². The Balaban J connectivity index is 2.41. The second-order valence-corrected chi connectivity index (χ2v) is 6.24. The Labute approximate surface area is 127 Å². The molecule has 94 valence electrons. The minimum absolute atomic E-state index is 0.0201. The predicted octanol–water partition coefficient (Wildman–Crippen LogP) is 6.03. The summed E-state index contributed by atoms with van der Waals surface area (Å²) in [5.41, 5.74) is 3.22. The fraction of sp³-hybridized carbons (Fsp3) is 0.143. The average molecular weight is 392 g/mol. The number of hydrogen-bond donors (Lipinski definition) is 0. The van der Waals surface area contributed by atoms with Crippen LogP contribution in [0, 0.1) is 12.7 Å². The lowest BCUT2D eigenvalue weighted by Gasteiger charge is -2.14. The Hall–Kier alpha value is -0.380. The van der Waals surface area contributed by atoms with Crippen molar-refractivity contribution in [2.24, 2.45) is 0 Å². The van der Waals surface area contributed by atoms with Crippen molar-refractivity contribution in [1.82, 2.24) is 0 Å². The second-order valence-electron chi connectivity index (χ2n) is 4.04. The van der Waals surface area contributed by atoms with E-state index in [9.17, 15) is 4.39 Å². The third-order valence-electron chi connectivity index (χ3n) is 2.74. The van der Waals surface area contributed by atoms with Gasteiger partial charge in [-0.1, -0.05) is 39.7 Å². The second kappa shape index (κ2) is 5.72. The molecule has 1 unspecified atom stereocenters. The van der Waals surface area contributed by atoms with Crippen LogP contribution in [-0.4, -0.2) is 0 Å². The molecular formula is C14H10Br2ClF. The molecule has 2 aromatic carbocycles. The summed E-state index contributed by atoms with van der Waals surface area (Å²) in [5, 5.41) is 0.719. The van der Waals surface area contributed by atoms with Gasteiger partial charge in [-0.15, -0.1) is 0 Å². The molecule has 0 fully saturated rings. The van der Waals surface area contributed by atoms with Crippen molar-refractivity contribution in [3.63, 3.8) is 0 Å². The molecule has 0 saturated carbocycles. The Kier molecular flexibility index (Phi) is 4.46. The van der Waals surface area contributed by atoms with Crippen LogP contribution in [-0.2, 0) is 0 Å². The number of hydrogen-bond acceptors (Lipinski definition) is 0. The number of halogens is 4. The van der Waals surface area contributed by atoms with Crippen molar-refractivity contribution >= 4 is 43.5 Å². The zero-order chi connectivity index (χ0) is 13.3. The Morgan fingerprint density at radius 3 is 2.50 bits per heavy atom. The first-order chi connectivity index (χ1) is 8.49. The first-order valence-electron chi connectivity index (χ1n) is 5.34. The van der Waals surface area contributed by atoms with Gasteiger partial charge in [0.15, 0.2) is 0 Å². The Bertz CT molecular complexity index is 584. The summed E-state index contributed by atoms with van der Waals surface area (Å²) in [6.45, 7) is 2.01. The molecule has 0 spiro atoms. The van der Waals surface area contributed by atoms with Crippen LogP contribution in [0.2, 0.25) is 5.02 Å². The molecule has 0 aliphatic heterocycles.